The van der Waals surface area contributed by atoms with Crippen LogP contribution in [0.4, 0.5) is 5.69 Å². The van der Waals surface area contributed by atoms with E-state index in [1.807, 2.05) is 6.07 Å². The van der Waals surface area contributed by atoms with E-state index in [1.165, 1.54) is 40.3 Å². The molecule has 4 aromatic rings. The van der Waals surface area contributed by atoms with Gasteiger partial charge < -0.3 is 5.32 Å². The van der Waals surface area contributed by atoms with E-state index in [0.717, 1.165) is 5.56 Å². The number of amides is 1. The molecule has 0 unspecified atom stereocenters. The van der Waals surface area contributed by atoms with E-state index < -0.39 is 4.92 Å². The van der Waals surface area contributed by atoms with Gasteiger partial charge in [0.15, 0.2) is 5.82 Å². The summed E-state index contributed by atoms with van der Waals surface area (Å²) in [7, 11) is 0. The zero-order valence-electron chi connectivity index (χ0n) is 14.9. The molecule has 0 radical (unpaired) electrons. The van der Waals surface area contributed by atoms with E-state index in [2.05, 4.69) is 25.5 Å². The van der Waals surface area contributed by atoms with Crippen molar-refractivity contribution < 1.29 is 9.72 Å². The highest BCUT2D eigenvalue weighted by Crippen LogP contribution is 2.15. The molecule has 3 aromatic heterocycles. The molecule has 0 spiro atoms. The number of carbonyl (C=O) groups excluding carboxylic acids is 1. The zero-order valence-corrected chi connectivity index (χ0v) is 14.9. The summed E-state index contributed by atoms with van der Waals surface area (Å²) in [6, 6.07) is 9.49. The van der Waals surface area contributed by atoms with Crippen molar-refractivity contribution in [3.8, 4) is 11.5 Å². The summed E-state index contributed by atoms with van der Waals surface area (Å²) in [6.07, 6.45) is 7.55. The molecule has 11 nitrogen and oxygen atoms in total. The predicted molar refractivity (Wildman–Crippen MR) is 101 cm³/mol. The van der Waals surface area contributed by atoms with E-state index >= 15 is 0 Å². The summed E-state index contributed by atoms with van der Waals surface area (Å²) in [5, 5.41) is 21.8. The first-order valence-electron chi connectivity index (χ1n) is 8.48. The van der Waals surface area contributed by atoms with Crippen molar-refractivity contribution in [3.05, 3.63) is 88.9 Å². The molecular formula is C18H14N8O3. The molecular weight excluding hydrogens is 376 g/mol. The molecule has 0 saturated heterocycles. The third kappa shape index (κ3) is 3.83. The van der Waals surface area contributed by atoms with E-state index in [-0.39, 0.29) is 18.1 Å². The normalized spacial score (nSPS) is 10.6. The molecule has 1 amide bonds. The number of nitrogens with zero attached hydrogens (tertiary/aromatic N) is 7. The van der Waals surface area contributed by atoms with Crippen molar-refractivity contribution in [2.24, 2.45) is 0 Å². The minimum Gasteiger partial charge on any atom is -0.348 e. The lowest BCUT2D eigenvalue weighted by Gasteiger charge is -2.08. The third-order valence-corrected chi connectivity index (χ3v) is 4.11. The van der Waals surface area contributed by atoms with Gasteiger partial charge in [-0.05, 0) is 18.2 Å². The Hall–Kier alpha value is -4.41. The van der Waals surface area contributed by atoms with Gasteiger partial charge in [0.05, 0.1) is 22.4 Å². The van der Waals surface area contributed by atoms with Crippen molar-refractivity contribution in [1.82, 2.24) is 34.8 Å². The number of hydrogen-bond acceptors (Lipinski definition) is 7. The van der Waals surface area contributed by atoms with Crippen LogP contribution in [-0.4, -0.2) is 40.4 Å². The Kier molecular flexibility index (Phi) is 4.76. The van der Waals surface area contributed by atoms with Crippen LogP contribution in [0.2, 0.25) is 0 Å². The SMILES string of the molecule is O=C(NCc1cccnc1-n1cncn1)c1cnn(-c2ccc([N+](=O)[O-])cc2)c1. The molecule has 1 aromatic carbocycles. The largest absolute Gasteiger partial charge is 0.348 e. The first-order valence-corrected chi connectivity index (χ1v) is 8.48. The van der Waals surface area contributed by atoms with Gasteiger partial charge in [-0.3, -0.25) is 14.9 Å². The lowest BCUT2D eigenvalue weighted by atomic mass is 10.2. The molecule has 0 aliphatic heterocycles. The van der Waals surface area contributed by atoms with Gasteiger partial charge in [-0.1, -0.05) is 6.07 Å². The second-order valence-corrected chi connectivity index (χ2v) is 5.96. The molecule has 0 saturated carbocycles. The van der Waals surface area contributed by atoms with Crippen molar-refractivity contribution in [3.63, 3.8) is 0 Å². The number of rotatable bonds is 6. The van der Waals surface area contributed by atoms with Crippen LogP contribution in [0.25, 0.3) is 11.5 Å². The molecule has 144 valence electrons. The number of nitro groups is 1. The third-order valence-electron chi connectivity index (χ3n) is 4.11. The zero-order chi connectivity index (χ0) is 20.2. The van der Waals surface area contributed by atoms with Gasteiger partial charge in [0.2, 0.25) is 0 Å². The van der Waals surface area contributed by atoms with Crippen molar-refractivity contribution >= 4 is 11.6 Å². The number of nitrogens with one attached hydrogen (secondary N) is 1. The molecule has 0 bridgehead atoms. The minimum absolute atomic E-state index is 0.0153. The standard InChI is InChI=1S/C18H14N8O3/c27-18(21-8-13-2-1-7-20-17(13)25-12-19-11-23-25)14-9-22-24(10-14)15-3-5-16(6-4-15)26(28)29/h1-7,9-12H,8H2,(H,21,27). The Balaban J connectivity index is 1.46. The lowest BCUT2D eigenvalue weighted by Crippen LogP contribution is -2.23. The molecule has 11 heteroatoms. The van der Waals surface area contributed by atoms with Crippen LogP contribution in [0.15, 0.2) is 67.6 Å². The summed E-state index contributed by atoms with van der Waals surface area (Å²) in [5.41, 5.74) is 1.72. The lowest BCUT2D eigenvalue weighted by molar-refractivity contribution is -0.384. The molecule has 0 atom stereocenters. The summed E-state index contributed by atoms with van der Waals surface area (Å²) in [5.74, 6) is 0.262. The van der Waals surface area contributed by atoms with Crippen LogP contribution in [-0.2, 0) is 6.54 Å². The fraction of sp³-hybridized carbons (Fsp3) is 0.0556. The fourth-order valence-electron chi connectivity index (χ4n) is 2.68. The van der Waals surface area contributed by atoms with Gasteiger partial charge in [-0.25, -0.2) is 19.3 Å². The second kappa shape index (κ2) is 7.68. The number of nitro benzene ring substituents is 1. The summed E-state index contributed by atoms with van der Waals surface area (Å²) in [4.78, 5) is 31.0. The average molecular weight is 390 g/mol. The quantitative estimate of drug-likeness (QED) is 0.391. The monoisotopic (exact) mass is 390 g/mol. The Bertz CT molecular complexity index is 1150. The van der Waals surface area contributed by atoms with Crippen molar-refractivity contribution in [2.75, 3.05) is 0 Å². The van der Waals surface area contributed by atoms with Crippen LogP contribution < -0.4 is 5.32 Å². The summed E-state index contributed by atoms with van der Waals surface area (Å²) >= 11 is 0. The number of benzene rings is 1. The molecule has 29 heavy (non-hydrogen) atoms. The van der Waals surface area contributed by atoms with Gasteiger partial charge in [0, 0.05) is 36.6 Å². The van der Waals surface area contributed by atoms with Gasteiger partial charge >= 0.3 is 0 Å². The van der Waals surface area contributed by atoms with Gasteiger partial charge in [0.25, 0.3) is 11.6 Å². The topological polar surface area (TPSA) is 134 Å². The smallest absolute Gasteiger partial charge is 0.269 e. The minimum atomic E-state index is -0.474. The number of pyridine rings is 1. The van der Waals surface area contributed by atoms with Crippen LogP contribution in [0.3, 0.4) is 0 Å². The Morgan fingerprint density at radius 3 is 2.69 bits per heavy atom. The summed E-state index contributed by atoms with van der Waals surface area (Å²) < 4.78 is 3.00. The highest BCUT2D eigenvalue weighted by atomic mass is 16.6. The first-order chi connectivity index (χ1) is 14.1. The number of hydrogen-bond donors (Lipinski definition) is 1. The molecule has 1 N–H and O–H groups in total. The van der Waals surface area contributed by atoms with Gasteiger partial charge in [0.1, 0.15) is 12.7 Å². The highest BCUT2D eigenvalue weighted by molar-refractivity contribution is 5.93. The van der Waals surface area contributed by atoms with Crippen LogP contribution in [0.5, 0.6) is 0 Å². The fourth-order valence-corrected chi connectivity index (χ4v) is 2.68. The van der Waals surface area contributed by atoms with E-state index in [1.54, 1.807) is 30.6 Å². The number of carbonyl (C=O) groups is 1. The molecule has 0 aliphatic carbocycles. The molecule has 0 aliphatic rings. The van der Waals surface area contributed by atoms with Gasteiger partial charge in [-0.15, -0.1) is 0 Å². The predicted octanol–water partition coefficient (Wildman–Crippen LogP) is 1.69. The van der Waals surface area contributed by atoms with E-state index in [0.29, 0.717) is 17.1 Å². The average Bonchev–Trinajstić information content (AvgIpc) is 3.44. The summed E-state index contributed by atoms with van der Waals surface area (Å²) in [6.45, 7) is 0.241. The number of aromatic nitrogens is 6. The maximum absolute atomic E-state index is 12.5. The maximum Gasteiger partial charge on any atom is 0.269 e. The van der Waals surface area contributed by atoms with Crippen LogP contribution in [0, 0.1) is 10.1 Å². The molecule has 3 heterocycles. The van der Waals surface area contributed by atoms with Gasteiger partial charge in [-0.2, -0.15) is 10.2 Å². The Morgan fingerprint density at radius 1 is 1.14 bits per heavy atom. The van der Waals surface area contributed by atoms with Crippen LogP contribution in [0.1, 0.15) is 15.9 Å². The first kappa shape index (κ1) is 18.0. The van der Waals surface area contributed by atoms with Crippen molar-refractivity contribution in [1.29, 1.82) is 0 Å². The second-order valence-electron chi connectivity index (χ2n) is 5.96. The maximum atomic E-state index is 12.5. The highest BCUT2D eigenvalue weighted by Gasteiger charge is 2.12. The van der Waals surface area contributed by atoms with E-state index in [9.17, 15) is 14.9 Å². The Morgan fingerprint density at radius 2 is 1.97 bits per heavy atom. The molecule has 0 fully saturated rings. The molecule has 4 rings (SSSR count). The Labute approximate surface area is 163 Å². The van der Waals surface area contributed by atoms with Crippen molar-refractivity contribution in [2.45, 2.75) is 6.54 Å². The number of non-ortho nitro benzene ring substituents is 1. The van der Waals surface area contributed by atoms with E-state index in [4.69, 9.17) is 0 Å². The van der Waals surface area contributed by atoms with Crippen LogP contribution >= 0.6 is 0 Å².